The van der Waals surface area contributed by atoms with Gasteiger partial charge in [-0.1, -0.05) is 0 Å². The lowest BCUT2D eigenvalue weighted by atomic mass is 9.95. The van der Waals surface area contributed by atoms with Gasteiger partial charge in [0.05, 0.1) is 0 Å². The summed E-state index contributed by atoms with van der Waals surface area (Å²) in [5, 5.41) is 6.95. The van der Waals surface area contributed by atoms with Crippen LogP contribution in [0.2, 0.25) is 0 Å². The van der Waals surface area contributed by atoms with E-state index in [1.54, 1.807) is 0 Å². The maximum absolute atomic E-state index is 3.51. The van der Waals surface area contributed by atoms with E-state index in [0.29, 0.717) is 0 Å². The highest BCUT2D eigenvalue weighted by Gasteiger charge is 2.18. The summed E-state index contributed by atoms with van der Waals surface area (Å²) in [6, 6.07) is 0. The highest BCUT2D eigenvalue weighted by atomic mass is 15.1. The number of nitrogens with one attached hydrogen (secondary N) is 2. The van der Waals surface area contributed by atoms with Crippen LogP contribution in [0.3, 0.4) is 0 Å². The molecule has 16 heavy (non-hydrogen) atoms. The fourth-order valence-corrected chi connectivity index (χ4v) is 3.10. The Kier molecular flexibility index (Phi) is 5.07. The molecule has 0 saturated carbocycles. The molecule has 2 N–H and O–H groups in total. The Labute approximate surface area is 100.0 Å². The fourth-order valence-electron chi connectivity index (χ4n) is 3.10. The van der Waals surface area contributed by atoms with E-state index >= 15 is 0 Å². The zero-order valence-corrected chi connectivity index (χ0v) is 10.7. The maximum Gasteiger partial charge on any atom is 0.00189 e. The normalized spacial score (nSPS) is 28.5. The van der Waals surface area contributed by atoms with Crippen LogP contribution in [0.4, 0.5) is 0 Å². The Balaban J connectivity index is 1.64. The van der Waals surface area contributed by atoms with Crippen LogP contribution in [0.1, 0.15) is 25.7 Å². The smallest absolute Gasteiger partial charge is 0.00189 e. The molecule has 2 aliphatic rings. The Morgan fingerprint density at radius 2 is 1.69 bits per heavy atom. The second-order valence-corrected chi connectivity index (χ2v) is 5.63. The van der Waals surface area contributed by atoms with Crippen molar-refractivity contribution in [3.05, 3.63) is 0 Å². The van der Waals surface area contributed by atoms with Crippen molar-refractivity contribution in [3.63, 3.8) is 0 Å². The molecule has 0 radical (unpaired) electrons. The quantitative estimate of drug-likeness (QED) is 0.745. The molecule has 2 fully saturated rings. The predicted molar refractivity (Wildman–Crippen MR) is 68.7 cm³/mol. The molecule has 0 aliphatic carbocycles. The van der Waals surface area contributed by atoms with Crippen molar-refractivity contribution >= 4 is 0 Å². The number of rotatable bonds is 4. The van der Waals surface area contributed by atoms with E-state index in [1.165, 1.54) is 65.0 Å². The summed E-state index contributed by atoms with van der Waals surface area (Å²) in [6.07, 6.45) is 5.52. The van der Waals surface area contributed by atoms with E-state index in [4.69, 9.17) is 0 Å². The van der Waals surface area contributed by atoms with Crippen LogP contribution in [0.15, 0.2) is 0 Å². The van der Waals surface area contributed by atoms with Crippen molar-refractivity contribution in [2.75, 3.05) is 46.3 Å². The highest BCUT2D eigenvalue weighted by molar-refractivity contribution is 4.75. The molecular weight excluding hydrogens is 198 g/mol. The summed E-state index contributed by atoms with van der Waals surface area (Å²) in [7, 11) is 2.30. The molecule has 1 atom stereocenters. The minimum absolute atomic E-state index is 0.889. The molecule has 0 aromatic heterocycles. The van der Waals surface area contributed by atoms with Crippen molar-refractivity contribution in [2.24, 2.45) is 11.8 Å². The van der Waals surface area contributed by atoms with Crippen molar-refractivity contribution in [1.82, 2.24) is 15.5 Å². The minimum atomic E-state index is 0.889. The van der Waals surface area contributed by atoms with Gasteiger partial charge in [-0.15, -0.1) is 0 Å². The third-order valence-electron chi connectivity index (χ3n) is 4.00. The first-order valence-electron chi connectivity index (χ1n) is 6.94. The van der Waals surface area contributed by atoms with Gasteiger partial charge in [0, 0.05) is 13.1 Å². The first-order chi connectivity index (χ1) is 7.84. The average molecular weight is 225 g/mol. The molecule has 94 valence electrons. The largest absolute Gasteiger partial charge is 0.317 e. The summed E-state index contributed by atoms with van der Waals surface area (Å²) in [5.74, 6) is 1.82. The Hall–Kier alpha value is -0.120. The standard InChI is InChI=1S/C13H27N3/c1-16(10-12-4-7-14-8-5-12)11-13-3-2-6-15-9-13/h12-15H,2-11H2,1H3. The molecule has 0 aromatic rings. The number of hydrogen-bond acceptors (Lipinski definition) is 3. The van der Waals surface area contributed by atoms with Gasteiger partial charge in [-0.05, 0) is 70.7 Å². The van der Waals surface area contributed by atoms with Gasteiger partial charge in [0.15, 0.2) is 0 Å². The summed E-state index contributed by atoms with van der Waals surface area (Å²) >= 11 is 0. The van der Waals surface area contributed by atoms with Gasteiger partial charge in [-0.2, -0.15) is 0 Å². The van der Waals surface area contributed by atoms with Crippen LogP contribution in [0, 0.1) is 11.8 Å². The molecule has 1 unspecified atom stereocenters. The van der Waals surface area contributed by atoms with E-state index in [0.717, 1.165) is 11.8 Å². The van der Waals surface area contributed by atoms with E-state index in [1.807, 2.05) is 0 Å². The first-order valence-corrected chi connectivity index (χ1v) is 6.94. The van der Waals surface area contributed by atoms with Crippen LogP contribution in [-0.4, -0.2) is 51.2 Å². The molecule has 0 aromatic carbocycles. The van der Waals surface area contributed by atoms with Crippen LogP contribution >= 0.6 is 0 Å². The molecule has 0 bridgehead atoms. The zero-order valence-electron chi connectivity index (χ0n) is 10.7. The highest BCUT2D eigenvalue weighted by Crippen LogP contribution is 2.15. The monoisotopic (exact) mass is 225 g/mol. The lowest BCUT2D eigenvalue weighted by molar-refractivity contribution is 0.197. The molecule has 0 amide bonds. The molecule has 2 rings (SSSR count). The number of nitrogens with zero attached hydrogens (tertiary/aromatic N) is 1. The van der Waals surface area contributed by atoms with Gasteiger partial charge in [0.25, 0.3) is 0 Å². The second kappa shape index (κ2) is 6.58. The predicted octanol–water partition coefficient (Wildman–Crippen LogP) is 0.917. The first kappa shape index (κ1) is 12.3. The van der Waals surface area contributed by atoms with Gasteiger partial charge in [0.1, 0.15) is 0 Å². The molecule has 3 heteroatoms. The lowest BCUT2D eigenvalue weighted by Crippen LogP contribution is -2.40. The maximum atomic E-state index is 3.51. The third kappa shape index (κ3) is 4.04. The lowest BCUT2D eigenvalue weighted by Gasteiger charge is -2.31. The number of hydrogen-bond donors (Lipinski definition) is 2. The van der Waals surface area contributed by atoms with Gasteiger partial charge >= 0.3 is 0 Å². The van der Waals surface area contributed by atoms with Crippen molar-refractivity contribution in [1.29, 1.82) is 0 Å². The Morgan fingerprint density at radius 1 is 0.938 bits per heavy atom. The molecule has 2 aliphatic heterocycles. The van der Waals surface area contributed by atoms with Crippen LogP contribution in [0.5, 0.6) is 0 Å². The van der Waals surface area contributed by atoms with E-state index < -0.39 is 0 Å². The zero-order chi connectivity index (χ0) is 11.2. The minimum Gasteiger partial charge on any atom is -0.317 e. The van der Waals surface area contributed by atoms with Crippen LogP contribution in [0.25, 0.3) is 0 Å². The van der Waals surface area contributed by atoms with Gasteiger partial charge in [-0.3, -0.25) is 0 Å². The van der Waals surface area contributed by atoms with Gasteiger partial charge in [0.2, 0.25) is 0 Å². The summed E-state index contributed by atoms with van der Waals surface area (Å²) in [5.41, 5.74) is 0. The van der Waals surface area contributed by atoms with Crippen molar-refractivity contribution in [2.45, 2.75) is 25.7 Å². The topological polar surface area (TPSA) is 27.3 Å². The molecule has 2 heterocycles. The van der Waals surface area contributed by atoms with Crippen LogP contribution < -0.4 is 10.6 Å². The fraction of sp³-hybridized carbons (Fsp3) is 1.00. The van der Waals surface area contributed by atoms with Crippen molar-refractivity contribution in [3.8, 4) is 0 Å². The third-order valence-corrected chi connectivity index (χ3v) is 4.00. The van der Waals surface area contributed by atoms with E-state index in [-0.39, 0.29) is 0 Å². The van der Waals surface area contributed by atoms with Gasteiger partial charge < -0.3 is 15.5 Å². The molecule has 0 spiro atoms. The molecule has 3 nitrogen and oxygen atoms in total. The molecular formula is C13H27N3. The average Bonchev–Trinajstić information content (AvgIpc) is 2.31. The number of piperidine rings is 2. The Morgan fingerprint density at radius 3 is 2.38 bits per heavy atom. The van der Waals surface area contributed by atoms with Crippen molar-refractivity contribution < 1.29 is 0 Å². The Bertz CT molecular complexity index is 164. The van der Waals surface area contributed by atoms with Crippen LogP contribution in [-0.2, 0) is 0 Å². The van der Waals surface area contributed by atoms with E-state index in [2.05, 4.69) is 22.6 Å². The summed E-state index contributed by atoms with van der Waals surface area (Å²) in [4.78, 5) is 2.56. The second-order valence-electron chi connectivity index (χ2n) is 5.63. The van der Waals surface area contributed by atoms with E-state index in [9.17, 15) is 0 Å². The molecule has 2 saturated heterocycles. The van der Waals surface area contributed by atoms with Gasteiger partial charge in [-0.25, -0.2) is 0 Å². The SMILES string of the molecule is CN(CC1CCNCC1)CC1CCCNC1. The summed E-state index contributed by atoms with van der Waals surface area (Å²) in [6.45, 7) is 7.51. The summed E-state index contributed by atoms with van der Waals surface area (Å²) < 4.78 is 0.